The lowest BCUT2D eigenvalue weighted by Gasteiger charge is -2.08. The minimum Gasteiger partial charge on any atom is -0.424 e. The minimum absolute atomic E-state index is 0.0229. The van der Waals surface area contributed by atoms with E-state index in [0.717, 1.165) is 10.8 Å². The van der Waals surface area contributed by atoms with Crippen molar-refractivity contribution in [2.75, 3.05) is 10.6 Å². The molecule has 0 fully saturated rings. The fourth-order valence-electron chi connectivity index (χ4n) is 2.56. The number of ether oxygens (including phenoxy) is 1. The molecule has 3 aromatic carbocycles. The molecule has 4 rings (SSSR count). The second-order valence-electron chi connectivity index (χ2n) is 5.77. The Morgan fingerprint density at radius 2 is 1.57 bits per heavy atom. The molecule has 0 saturated carbocycles. The molecule has 28 heavy (non-hydrogen) atoms. The van der Waals surface area contributed by atoms with Gasteiger partial charge in [0.1, 0.15) is 5.75 Å². The summed E-state index contributed by atoms with van der Waals surface area (Å²) < 4.78 is 5.69. The average molecular weight is 392 g/mol. The molecule has 0 aliphatic carbocycles. The van der Waals surface area contributed by atoms with E-state index < -0.39 is 6.03 Å². The molecule has 0 radical (unpaired) electrons. The van der Waals surface area contributed by atoms with Crippen molar-refractivity contribution in [3.63, 3.8) is 0 Å². The van der Waals surface area contributed by atoms with Crippen LogP contribution in [0.5, 0.6) is 11.8 Å². The van der Waals surface area contributed by atoms with E-state index in [4.69, 9.17) is 16.3 Å². The SMILES string of the molecule is O=C(Nc1ccccc1)Nc1nc(Cl)nc(Oc2ccc3ccccc3c2)n1. The van der Waals surface area contributed by atoms with Gasteiger partial charge in [0, 0.05) is 5.69 Å². The molecule has 2 amide bonds. The van der Waals surface area contributed by atoms with E-state index >= 15 is 0 Å². The highest BCUT2D eigenvalue weighted by atomic mass is 35.5. The number of amides is 2. The number of halogens is 1. The number of hydrogen-bond donors (Lipinski definition) is 2. The number of fused-ring (bicyclic) bond motifs is 1. The van der Waals surface area contributed by atoms with Crippen molar-refractivity contribution in [1.29, 1.82) is 0 Å². The van der Waals surface area contributed by atoms with Crippen LogP contribution in [0.3, 0.4) is 0 Å². The van der Waals surface area contributed by atoms with Crippen molar-refractivity contribution < 1.29 is 9.53 Å². The normalized spacial score (nSPS) is 10.5. The number of para-hydroxylation sites is 1. The van der Waals surface area contributed by atoms with Crippen molar-refractivity contribution >= 4 is 40.0 Å². The smallest absolute Gasteiger partial charge is 0.328 e. The lowest BCUT2D eigenvalue weighted by Crippen LogP contribution is -2.21. The summed E-state index contributed by atoms with van der Waals surface area (Å²) in [5.41, 5.74) is 0.632. The summed E-state index contributed by atoms with van der Waals surface area (Å²) in [6.07, 6.45) is 0. The molecule has 7 nitrogen and oxygen atoms in total. The molecule has 4 aromatic rings. The largest absolute Gasteiger partial charge is 0.424 e. The number of nitrogens with zero attached hydrogens (tertiary/aromatic N) is 3. The molecular formula is C20H14ClN5O2. The number of nitrogens with one attached hydrogen (secondary N) is 2. The minimum atomic E-state index is -0.509. The maximum absolute atomic E-state index is 12.1. The van der Waals surface area contributed by atoms with Gasteiger partial charge in [0.2, 0.25) is 11.2 Å². The van der Waals surface area contributed by atoms with E-state index in [-0.39, 0.29) is 17.2 Å². The van der Waals surface area contributed by atoms with Crippen LogP contribution in [0.4, 0.5) is 16.4 Å². The molecular weight excluding hydrogens is 378 g/mol. The first-order chi connectivity index (χ1) is 13.7. The Kier molecular flexibility index (Phi) is 4.99. The number of carbonyl (C=O) groups is 1. The highest BCUT2D eigenvalue weighted by molar-refractivity contribution is 6.28. The number of benzene rings is 3. The molecule has 0 atom stereocenters. The Balaban J connectivity index is 1.50. The predicted octanol–water partition coefficient (Wildman–Crippen LogP) is 5.11. The van der Waals surface area contributed by atoms with Crippen LogP contribution in [0.15, 0.2) is 72.8 Å². The molecule has 0 aliphatic heterocycles. The van der Waals surface area contributed by atoms with Crippen molar-refractivity contribution in [1.82, 2.24) is 15.0 Å². The van der Waals surface area contributed by atoms with Gasteiger partial charge in [-0.25, -0.2) is 4.79 Å². The third kappa shape index (κ3) is 4.33. The molecule has 1 heterocycles. The van der Waals surface area contributed by atoms with Crippen LogP contribution in [0, 0.1) is 0 Å². The molecule has 1 aromatic heterocycles. The monoisotopic (exact) mass is 391 g/mol. The average Bonchev–Trinajstić information content (AvgIpc) is 2.68. The first-order valence-corrected chi connectivity index (χ1v) is 8.75. The summed E-state index contributed by atoms with van der Waals surface area (Å²) in [6.45, 7) is 0. The van der Waals surface area contributed by atoms with Crippen LogP contribution in [0.25, 0.3) is 10.8 Å². The molecule has 0 spiro atoms. The molecule has 0 unspecified atom stereocenters. The van der Waals surface area contributed by atoms with Crippen molar-refractivity contribution in [2.24, 2.45) is 0 Å². The fraction of sp³-hybridized carbons (Fsp3) is 0. The van der Waals surface area contributed by atoms with Gasteiger partial charge < -0.3 is 10.1 Å². The molecule has 0 bridgehead atoms. The van der Waals surface area contributed by atoms with Gasteiger partial charge in [0.05, 0.1) is 0 Å². The Bertz CT molecular complexity index is 1140. The van der Waals surface area contributed by atoms with Crippen LogP contribution in [0.2, 0.25) is 5.28 Å². The Morgan fingerprint density at radius 1 is 0.821 bits per heavy atom. The number of anilines is 2. The van der Waals surface area contributed by atoms with Crippen LogP contribution < -0.4 is 15.4 Å². The summed E-state index contributed by atoms with van der Waals surface area (Å²) in [7, 11) is 0. The Morgan fingerprint density at radius 3 is 2.39 bits per heavy atom. The Labute approximate surface area is 165 Å². The molecule has 8 heteroatoms. The van der Waals surface area contributed by atoms with Crippen LogP contribution in [-0.2, 0) is 0 Å². The quantitative estimate of drug-likeness (QED) is 0.504. The second-order valence-corrected chi connectivity index (χ2v) is 6.10. The van der Waals surface area contributed by atoms with E-state index in [1.807, 2.05) is 54.6 Å². The van der Waals surface area contributed by atoms with E-state index in [1.54, 1.807) is 18.2 Å². The summed E-state index contributed by atoms with van der Waals surface area (Å²) in [4.78, 5) is 24.0. The molecule has 0 aliphatic rings. The summed E-state index contributed by atoms with van der Waals surface area (Å²) in [5, 5.41) is 7.18. The van der Waals surface area contributed by atoms with Gasteiger partial charge in [0.25, 0.3) is 0 Å². The second kappa shape index (κ2) is 7.89. The highest BCUT2D eigenvalue weighted by Gasteiger charge is 2.11. The Hall–Kier alpha value is -3.71. The molecule has 2 N–H and O–H groups in total. The van der Waals surface area contributed by atoms with Gasteiger partial charge in [-0.1, -0.05) is 48.5 Å². The van der Waals surface area contributed by atoms with Crippen LogP contribution in [0.1, 0.15) is 0 Å². The lowest BCUT2D eigenvalue weighted by molar-refractivity contribution is 0.262. The summed E-state index contributed by atoms with van der Waals surface area (Å²) in [6, 6.07) is 21.9. The molecule has 138 valence electrons. The van der Waals surface area contributed by atoms with E-state index in [0.29, 0.717) is 11.4 Å². The van der Waals surface area contributed by atoms with Crippen LogP contribution >= 0.6 is 11.6 Å². The van der Waals surface area contributed by atoms with E-state index in [1.165, 1.54) is 0 Å². The fourth-order valence-corrected chi connectivity index (χ4v) is 2.71. The van der Waals surface area contributed by atoms with Gasteiger partial charge in [-0.15, -0.1) is 0 Å². The summed E-state index contributed by atoms with van der Waals surface area (Å²) >= 11 is 5.94. The maximum Gasteiger partial charge on any atom is 0.328 e. The molecule has 0 saturated heterocycles. The number of urea groups is 1. The third-order valence-corrected chi connectivity index (χ3v) is 3.94. The van der Waals surface area contributed by atoms with Crippen LogP contribution in [-0.4, -0.2) is 21.0 Å². The maximum atomic E-state index is 12.1. The third-order valence-electron chi connectivity index (χ3n) is 3.77. The van der Waals surface area contributed by atoms with E-state index in [2.05, 4.69) is 25.6 Å². The standard InChI is InChI=1S/C20H14ClN5O2/c21-17-23-18(25-19(27)22-15-8-2-1-3-9-15)26-20(24-17)28-16-11-10-13-6-4-5-7-14(13)12-16/h1-12H,(H2,22,23,24,25,26,27). The van der Waals surface area contributed by atoms with E-state index in [9.17, 15) is 4.79 Å². The van der Waals surface area contributed by atoms with Gasteiger partial charge in [-0.2, -0.15) is 15.0 Å². The summed E-state index contributed by atoms with van der Waals surface area (Å²) in [5.74, 6) is 0.518. The lowest BCUT2D eigenvalue weighted by atomic mass is 10.1. The topological polar surface area (TPSA) is 89.0 Å². The predicted molar refractivity (Wildman–Crippen MR) is 108 cm³/mol. The van der Waals surface area contributed by atoms with Crippen molar-refractivity contribution in [3.05, 3.63) is 78.1 Å². The number of carbonyl (C=O) groups excluding carboxylic acids is 1. The zero-order valence-corrected chi connectivity index (χ0v) is 15.2. The number of aromatic nitrogens is 3. The number of hydrogen-bond acceptors (Lipinski definition) is 5. The zero-order chi connectivity index (χ0) is 19.3. The first-order valence-electron chi connectivity index (χ1n) is 8.37. The van der Waals surface area contributed by atoms with Gasteiger partial charge in [-0.05, 0) is 46.6 Å². The highest BCUT2D eigenvalue weighted by Crippen LogP contribution is 2.24. The number of rotatable bonds is 4. The zero-order valence-electron chi connectivity index (χ0n) is 14.5. The van der Waals surface area contributed by atoms with Gasteiger partial charge in [0.15, 0.2) is 0 Å². The van der Waals surface area contributed by atoms with Gasteiger partial charge in [-0.3, -0.25) is 5.32 Å². The van der Waals surface area contributed by atoms with Crippen molar-refractivity contribution in [3.8, 4) is 11.8 Å². The van der Waals surface area contributed by atoms with Crippen molar-refractivity contribution in [2.45, 2.75) is 0 Å². The van der Waals surface area contributed by atoms with Gasteiger partial charge >= 0.3 is 12.0 Å². The first kappa shape index (κ1) is 17.7.